The summed E-state index contributed by atoms with van der Waals surface area (Å²) in [4.78, 5) is 12.5. The number of hydrogen-bond donors (Lipinski definition) is 0. The topological polar surface area (TPSA) is 35.5 Å². The molecule has 0 saturated heterocycles. The summed E-state index contributed by atoms with van der Waals surface area (Å²) in [5, 5.41) is 0.240. The van der Waals surface area contributed by atoms with Gasteiger partial charge in [-0.2, -0.15) is 0 Å². The SMILES string of the molecule is O=C(c1cc(F)cc(Br)c1)c1cc2c(cc1Cl)OCCO2. The molecule has 3 nitrogen and oxygen atoms in total. The highest BCUT2D eigenvalue weighted by molar-refractivity contribution is 9.10. The van der Waals surface area contributed by atoms with Crippen molar-refractivity contribution in [2.45, 2.75) is 0 Å². The molecule has 0 saturated carbocycles. The van der Waals surface area contributed by atoms with Crippen LogP contribution in [0.5, 0.6) is 11.5 Å². The number of ether oxygens (including phenoxy) is 2. The average molecular weight is 372 g/mol. The maximum Gasteiger partial charge on any atom is 0.194 e. The predicted molar refractivity (Wildman–Crippen MR) is 80.0 cm³/mol. The van der Waals surface area contributed by atoms with Gasteiger partial charge in [0.05, 0.1) is 5.02 Å². The van der Waals surface area contributed by atoms with Crippen molar-refractivity contribution in [2.75, 3.05) is 13.2 Å². The summed E-state index contributed by atoms with van der Waals surface area (Å²) in [7, 11) is 0. The van der Waals surface area contributed by atoms with Crippen LogP contribution in [0.1, 0.15) is 15.9 Å². The van der Waals surface area contributed by atoms with E-state index in [1.807, 2.05) is 0 Å². The maximum absolute atomic E-state index is 13.4. The smallest absolute Gasteiger partial charge is 0.194 e. The number of rotatable bonds is 2. The van der Waals surface area contributed by atoms with Crippen LogP contribution in [0.4, 0.5) is 4.39 Å². The summed E-state index contributed by atoms with van der Waals surface area (Å²) in [5.41, 5.74) is 0.457. The van der Waals surface area contributed by atoms with E-state index >= 15 is 0 Å². The number of halogens is 3. The molecule has 0 unspecified atom stereocenters. The van der Waals surface area contributed by atoms with Gasteiger partial charge in [0.25, 0.3) is 0 Å². The molecule has 0 spiro atoms. The van der Waals surface area contributed by atoms with Crippen LogP contribution in [0.25, 0.3) is 0 Å². The predicted octanol–water partition coefficient (Wildman–Crippen LogP) is 4.24. The monoisotopic (exact) mass is 370 g/mol. The molecule has 21 heavy (non-hydrogen) atoms. The Morgan fingerprint density at radius 1 is 1.10 bits per heavy atom. The van der Waals surface area contributed by atoms with Crippen LogP contribution in [0.3, 0.4) is 0 Å². The van der Waals surface area contributed by atoms with E-state index in [2.05, 4.69) is 15.9 Å². The van der Waals surface area contributed by atoms with Gasteiger partial charge in [-0.25, -0.2) is 4.39 Å². The second kappa shape index (κ2) is 5.66. The zero-order valence-electron chi connectivity index (χ0n) is 10.7. The molecule has 1 aliphatic rings. The second-order valence-electron chi connectivity index (χ2n) is 4.46. The molecule has 6 heteroatoms. The second-order valence-corrected chi connectivity index (χ2v) is 5.79. The molecule has 3 rings (SSSR count). The van der Waals surface area contributed by atoms with Crippen LogP contribution in [0.15, 0.2) is 34.8 Å². The van der Waals surface area contributed by atoms with Gasteiger partial charge in [0.2, 0.25) is 0 Å². The van der Waals surface area contributed by atoms with E-state index in [9.17, 15) is 9.18 Å². The largest absolute Gasteiger partial charge is 0.486 e. The molecule has 2 aromatic rings. The summed E-state index contributed by atoms with van der Waals surface area (Å²) in [6, 6.07) is 7.05. The Kier molecular flexibility index (Phi) is 3.87. The molecule has 1 heterocycles. The summed E-state index contributed by atoms with van der Waals surface area (Å²) >= 11 is 9.29. The zero-order chi connectivity index (χ0) is 15.0. The van der Waals surface area contributed by atoms with Crippen molar-refractivity contribution in [3.8, 4) is 11.5 Å². The Morgan fingerprint density at radius 2 is 1.76 bits per heavy atom. The van der Waals surface area contributed by atoms with Crippen LogP contribution in [0.2, 0.25) is 5.02 Å². The quantitative estimate of drug-likeness (QED) is 0.741. The van der Waals surface area contributed by atoms with Crippen molar-refractivity contribution in [1.82, 2.24) is 0 Å². The van der Waals surface area contributed by atoms with Gasteiger partial charge in [0, 0.05) is 21.7 Å². The minimum atomic E-state index is -0.499. The van der Waals surface area contributed by atoms with E-state index in [1.165, 1.54) is 24.3 Å². The van der Waals surface area contributed by atoms with Gasteiger partial charge in [-0.1, -0.05) is 27.5 Å². The fourth-order valence-electron chi connectivity index (χ4n) is 2.08. The van der Waals surface area contributed by atoms with Crippen molar-refractivity contribution in [3.63, 3.8) is 0 Å². The lowest BCUT2D eigenvalue weighted by Gasteiger charge is -2.19. The number of carbonyl (C=O) groups is 1. The van der Waals surface area contributed by atoms with E-state index in [0.717, 1.165) is 0 Å². The van der Waals surface area contributed by atoms with Gasteiger partial charge >= 0.3 is 0 Å². The van der Waals surface area contributed by atoms with Crippen molar-refractivity contribution >= 4 is 33.3 Å². The lowest BCUT2D eigenvalue weighted by Crippen LogP contribution is -2.16. The zero-order valence-corrected chi connectivity index (χ0v) is 13.0. The number of fused-ring (bicyclic) bond motifs is 1. The first-order valence-electron chi connectivity index (χ1n) is 6.14. The van der Waals surface area contributed by atoms with Gasteiger partial charge in [-0.05, 0) is 24.3 Å². The highest BCUT2D eigenvalue weighted by Crippen LogP contribution is 2.36. The van der Waals surface area contributed by atoms with Crippen molar-refractivity contribution in [3.05, 3.63) is 56.8 Å². The van der Waals surface area contributed by atoms with E-state index in [4.69, 9.17) is 21.1 Å². The summed E-state index contributed by atoms with van der Waals surface area (Å²) in [6.45, 7) is 0.848. The molecule has 0 amide bonds. The molecule has 0 aliphatic carbocycles. The third-order valence-electron chi connectivity index (χ3n) is 3.00. The Morgan fingerprint density at radius 3 is 2.43 bits per heavy atom. The van der Waals surface area contributed by atoms with Gasteiger partial charge in [0.1, 0.15) is 19.0 Å². The summed E-state index contributed by atoms with van der Waals surface area (Å²) in [5.74, 6) is 0.0891. The molecule has 0 N–H and O–H groups in total. The van der Waals surface area contributed by atoms with Crippen molar-refractivity contribution in [2.24, 2.45) is 0 Å². The van der Waals surface area contributed by atoms with Crippen LogP contribution in [-0.2, 0) is 0 Å². The lowest BCUT2D eigenvalue weighted by molar-refractivity contribution is 0.103. The van der Waals surface area contributed by atoms with Gasteiger partial charge in [-0.3, -0.25) is 4.79 Å². The molecule has 108 valence electrons. The van der Waals surface area contributed by atoms with E-state index < -0.39 is 5.82 Å². The van der Waals surface area contributed by atoms with Crippen LogP contribution < -0.4 is 9.47 Å². The Bertz CT molecular complexity index is 713. The lowest BCUT2D eigenvalue weighted by atomic mass is 10.0. The van der Waals surface area contributed by atoms with E-state index in [1.54, 1.807) is 6.07 Å². The number of carbonyl (C=O) groups excluding carboxylic acids is 1. The number of ketones is 1. The van der Waals surface area contributed by atoms with Crippen molar-refractivity contribution in [1.29, 1.82) is 0 Å². The maximum atomic E-state index is 13.4. The fourth-order valence-corrected chi connectivity index (χ4v) is 2.78. The molecule has 0 bridgehead atoms. The van der Waals surface area contributed by atoms with E-state index in [0.29, 0.717) is 29.2 Å². The molecule has 0 aromatic heterocycles. The van der Waals surface area contributed by atoms with Crippen LogP contribution in [-0.4, -0.2) is 19.0 Å². The van der Waals surface area contributed by atoms with Gasteiger partial charge in [0.15, 0.2) is 17.3 Å². The Labute approximate surface area is 133 Å². The average Bonchev–Trinajstić information content (AvgIpc) is 2.44. The van der Waals surface area contributed by atoms with Gasteiger partial charge in [-0.15, -0.1) is 0 Å². The standard InChI is InChI=1S/C15H9BrClFO3/c16-9-3-8(4-10(18)5-9)15(19)11-6-13-14(7-12(11)17)21-2-1-20-13/h3-7H,1-2H2. The third-order valence-corrected chi connectivity index (χ3v) is 3.77. The van der Waals surface area contributed by atoms with Crippen molar-refractivity contribution < 1.29 is 18.7 Å². The minimum Gasteiger partial charge on any atom is -0.486 e. The highest BCUT2D eigenvalue weighted by atomic mass is 79.9. The number of benzene rings is 2. The molecule has 2 aromatic carbocycles. The molecule has 0 fully saturated rings. The normalized spacial score (nSPS) is 13.1. The Balaban J connectivity index is 2.05. The molecule has 1 aliphatic heterocycles. The van der Waals surface area contributed by atoms with Crippen LogP contribution in [0, 0.1) is 5.82 Å². The first kappa shape index (κ1) is 14.4. The molecule has 0 atom stereocenters. The van der Waals surface area contributed by atoms with Crippen LogP contribution >= 0.6 is 27.5 Å². The van der Waals surface area contributed by atoms with Gasteiger partial charge < -0.3 is 9.47 Å². The Hall–Kier alpha value is -1.59. The number of hydrogen-bond acceptors (Lipinski definition) is 3. The molecular weight excluding hydrogens is 363 g/mol. The minimum absolute atomic E-state index is 0.209. The first-order chi connectivity index (χ1) is 10.0. The third kappa shape index (κ3) is 2.89. The summed E-state index contributed by atoms with van der Waals surface area (Å²) in [6.07, 6.45) is 0. The first-order valence-corrected chi connectivity index (χ1v) is 7.31. The summed E-state index contributed by atoms with van der Waals surface area (Å²) < 4.78 is 24.7. The molecular formula is C15H9BrClFO3. The van der Waals surface area contributed by atoms with E-state index in [-0.39, 0.29) is 21.9 Å². The highest BCUT2D eigenvalue weighted by Gasteiger charge is 2.20. The fraction of sp³-hybridized carbons (Fsp3) is 0.133. The molecule has 0 radical (unpaired) electrons.